The summed E-state index contributed by atoms with van der Waals surface area (Å²) in [6, 6.07) is 2.19. The fourth-order valence-electron chi connectivity index (χ4n) is 2.71. The quantitative estimate of drug-likeness (QED) is 0.909. The molecule has 4 nitrogen and oxygen atoms in total. The molecule has 1 aromatic heterocycles. The summed E-state index contributed by atoms with van der Waals surface area (Å²) in [5.74, 6) is 1.46. The van der Waals surface area contributed by atoms with Gasteiger partial charge in [0.2, 0.25) is 0 Å². The van der Waals surface area contributed by atoms with Gasteiger partial charge in [0.1, 0.15) is 5.76 Å². The van der Waals surface area contributed by atoms with Gasteiger partial charge >= 0.3 is 0 Å². The standard InChI is InChI=1S/C15H24N2O2.ClH/c1-4-8-17(12-6-7-16-10-12)15(18)14-9-11(3)13(5-2)19-14;/h9,12,16H,4-8,10H2,1-3H3;1H. The number of furan rings is 1. The highest BCUT2D eigenvalue weighted by Gasteiger charge is 2.28. The van der Waals surface area contributed by atoms with Crippen molar-refractivity contribution < 1.29 is 9.21 Å². The molecular formula is C15H25ClN2O2. The average molecular weight is 301 g/mol. The third-order valence-corrected chi connectivity index (χ3v) is 3.75. The second-order valence-corrected chi connectivity index (χ2v) is 5.22. The van der Waals surface area contributed by atoms with Crippen LogP contribution in [0.15, 0.2) is 10.5 Å². The Kier molecular flexibility index (Phi) is 6.56. The van der Waals surface area contributed by atoms with E-state index in [0.717, 1.165) is 50.2 Å². The average Bonchev–Trinajstić information content (AvgIpc) is 3.04. The lowest BCUT2D eigenvalue weighted by molar-refractivity contribution is 0.0658. The topological polar surface area (TPSA) is 45.5 Å². The Morgan fingerprint density at radius 3 is 2.75 bits per heavy atom. The summed E-state index contributed by atoms with van der Waals surface area (Å²) in [4.78, 5) is 14.6. The van der Waals surface area contributed by atoms with Crippen molar-refractivity contribution in [2.24, 2.45) is 0 Å². The number of aryl methyl sites for hydroxylation is 2. The molecule has 1 atom stereocenters. The number of nitrogens with zero attached hydrogens (tertiary/aromatic N) is 1. The van der Waals surface area contributed by atoms with Crippen molar-refractivity contribution in [1.82, 2.24) is 10.2 Å². The number of rotatable bonds is 5. The maximum atomic E-state index is 12.6. The first-order valence-corrected chi connectivity index (χ1v) is 7.28. The van der Waals surface area contributed by atoms with Crippen LogP contribution in [0.3, 0.4) is 0 Å². The van der Waals surface area contributed by atoms with E-state index < -0.39 is 0 Å². The maximum absolute atomic E-state index is 12.6. The van der Waals surface area contributed by atoms with Crippen molar-refractivity contribution in [3.63, 3.8) is 0 Å². The summed E-state index contributed by atoms with van der Waals surface area (Å²) in [5, 5.41) is 3.32. The van der Waals surface area contributed by atoms with Gasteiger partial charge in [-0.1, -0.05) is 13.8 Å². The Hall–Kier alpha value is -1.00. The third-order valence-electron chi connectivity index (χ3n) is 3.75. The van der Waals surface area contributed by atoms with Gasteiger partial charge in [-0.25, -0.2) is 0 Å². The van der Waals surface area contributed by atoms with Gasteiger partial charge in [-0.2, -0.15) is 0 Å². The minimum absolute atomic E-state index is 0. The Balaban J connectivity index is 0.00000200. The molecule has 20 heavy (non-hydrogen) atoms. The molecule has 0 aromatic carbocycles. The first-order valence-electron chi connectivity index (χ1n) is 7.28. The Bertz CT molecular complexity index is 439. The lowest BCUT2D eigenvalue weighted by Gasteiger charge is -2.27. The van der Waals surface area contributed by atoms with E-state index >= 15 is 0 Å². The molecular weight excluding hydrogens is 276 g/mol. The van der Waals surface area contributed by atoms with E-state index in [1.54, 1.807) is 0 Å². The molecule has 0 saturated carbocycles. The van der Waals surface area contributed by atoms with Crippen LogP contribution in [0, 0.1) is 6.92 Å². The van der Waals surface area contributed by atoms with E-state index in [4.69, 9.17) is 4.42 Å². The lowest BCUT2D eigenvalue weighted by Crippen LogP contribution is -2.41. The molecule has 1 aromatic rings. The summed E-state index contributed by atoms with van der Waals surface area (Å²) in [6.07, 6.45) is 2.84. The molecule has 0 radical (unpaired) electrons. The number of amides is 1. The van der Waals surface area contributed by atoms with Crippen LogP contribution in [0.4, 0.5) is 0 Å². The largest absolute Gasteiger partial charge is 0.456 e. The highest BCUT2D eigenvalue weighted by molar-refractivity contribution is 5.92. The summed E-state index contributed by atoms with van der Waals surface area (Å²) in [7, 11) is 0. The van der Waals surface area contributed by atoms with Crippen molar-refractivity contribution in [2.45, 2.75) is 46.1 Å². The zero-order valence-corrected chi connectivity index (χ0v) is 13.4. The van der Waals surface area contributed by atoms with Crippen LogP contribution in [0.25, 0.3) is 0 Å². The smallest absolute Gasteiger partial charge is 0.289 e. The molecule has 1 aliphatic rings. The molecule has 1 amide bonds. The van der Waals surface area contributed by atoms with Gasteiger partial charge in [-0.05, 0) is 37.9 Å². The monoisotopic (exact) mass is 300 g/mol. The second-order valence-electron chi connectivity index (χ2n) is 5.22. The van der Waals surface area contributed by atoms with Gasteiger partial charge in [0.15, 0.2) is 5.76 Å². The molecule has 1 aliphatic heterocycles. The molecule has 114 valence electrons. The summed E-state index contributed by atoms with van der Waals surface area (Å²) >= 11 is 0. The van der Waals surface area contributed by atoms with Crippen molar-refractivity contribution in [2.75, 3.05) is 19.6 Å². The molecule has 1 saturated heterocycles. The maximum Gasteiger partial charge on any atom is 0.289 e. The van der Waals surface area contributed by atoms with Crippen LogP contribution in [0.5, 0.6) is 0 Å². The first kappa shape index (κ1) is 17.1. The molecule has 0 spiro atoms. The van der Waals surface area contributed by atoms with E-state index in [0.29, 0.717) is 11.8 Å². The minimum atomic E-state index is 0. The predicted molar refractivity (Wildman–Crippen MR) is 82.7 cm³/mol. The van der Waals surface area contributed by atoms with E-state index in [1.165, 1.54) is 0 Å². The Morgan fingerprint density at radius 2 is 2.25 bits per heavy atom. The molecule has 1 unspecified atom stereocenters. The Labute approximate surface area is 127 Å². The Morgan fingerprint density at radius 1 is 1.50 bits per heavy atom. The number of carbonyl (C=O) groups is 1. The van der Waals surface area contributed by atoms with Crippen LogP contribution in [-0.2, 0) is 6.42 Å². The molecule has 1 fully saturated rings. The van der Waals surface area contributed by atoms with Crippen LogP contribution in [0.2, 0.25) is 0 Å². The van der Waals surface area contributed by atoms with Gasteiger partial charge < -0.3 is 14.6 Å². The molecule has 5 heteroatoms. The van der Waals surface area contributed by atoms with Gasteiger partial charge in [0.25, 0.3) is 5.91 Å². The third kappa shape index (κ3) is 3.55. The molecule has 1 N–H and O–H groups in total. The van der Waals surface area contributed by atoms with Crippen molar-refractivity contribution in [3.8, 4) is 0 Å². The van der Waals surface area contributed by atoms with Gasteiger partial charge in [-0.15, -0.1) is 12.4 Å². The van der Waals surface area contributed by atoms with Crippen LogP contribution in [0.1, 0.15) is 48.6 Å². The number of hydrogen-bond donors (Lipinski definition) is 1. The number of nitrogens with one attached hydrogen (secondary N) is 1. The number of hydrogen-bond acceptors (Lipinski definition) is 3. The summed E-state index contributed by atoms with van der Waals surface area (Å²) < 4.78 is 5.70. The lowest BCUT2D eigenvalue weighted by atomic mass is 10.2. The molecule has 2 heterocycles. The van der Waals surface area contributed by atoms with Gasteiger partial charge in [0.05, 0.1) is 0 Å². The number of halogens is 1. The van der Waals surface area contributed by atoms with E-state index in [2.05, 4.69) is 12.2 Å². The highest BCUT2D eigenvalue weighted by atomic mass is 35.5. The number of carbonyl (C=O) groups excluding carboxylic acids is 1. The van der Waals surface area contributed by atoms with Gasteiger partial charge in [0, 0.05) is 25.6 Å². The predicted octanol–water partition coefficient (Wildman–Crippen LogP) is 2.79. The van der Waals surface area contributed by atoms with E-state index in [9.17, 15) is 4.79 Å². The van der Waals surface area contributed by atoms with Crippen LogP contribution >= 0.6 is 12.4 Å². The van der Waals surface area contributed by atoms with Crippen molar-refractivity contribution in [1.29, 1.82) is 0 Å². The second kappa shape index (κ2) is 7.70. The highest BCUT2D eigenvalue weighted by Crippen LogP contribution is 2.19. The van der Waals surface area contributed by atoms with Crippen LogP contribution in [-0.4, -0.2) is 36.5 Å². The summed E-state index contributed by atoms with van der Waals surface area (Å²) in [5.41, 5.74) is 1.08. The SMILES string of the molecule is CCCN(C(=O)c1cc(C)c(CC)o1)C1CCNC1.Cl. The van der Waals surface area contributed by atoms with E-state index in [1.807, 2.05) is 24.8 Å². The van der Waals surface area contributed by atoms with Crippen molar-refractivity contribution >= 4 is 18.3 Å². The molecule has 2 rings (SSSR count). The minimum Gasteiger partial charge on any atom is -0.456 e. The van der Waals surface area contributed by atoms with Crippen LogP contribution < -0.4 is 5.32 Å². The fourth-order valence-corrected chi connectivity index (χ4v) is 2.71. The van der Waals surface area contributed by atoms with Gasteiger partial charge in [-0.3, -0.25) is 4.79 Å². The normalized spacial score (nSPS) is 17.9. The first-order chi connectivity index (χ1) is 9.17. The molecule has 0 bridgehead atoms. The zero-order chi connectivity index (χ0) is 13.8. The van der Waals surface area contributed by atoms with Crippen molar-refractivity contribution in [3.05, 3.63) is 23.2 Å². The molecule has 0 aliphatic carbocycles. The fraction of sp³-hybridized carbons (Fsp3) is 0.667. The zero-order valence-electron chi connectivity index (χ0n) is 12.6. The summed E-state index contributed by atoms with van der Waals surface area (Å²) in [6.45, 7) is 8.84. The van der Waals surface area contributed by atoms with E-state index in [-0.39, 0.29) is 18.3 Å².